The maximum Gasteiger partial charge on any atom is 0.120 e. The quantitative estimate of drug-likeness (QED) is 0.869. The molecule has 96 valence electrons. The summed E-state index contributed by atoms with van der Waals surface area (Å²) < 4.78 is 5.55. The minimum Gasteiger partial charge on any atom is -0.494 e. The van der Waals surface area contributed by atoms with Crippen LogP contribution in [0.25, 0.3) is 10.9 Å². The van der Waals surface area contributed by atoms with Gasteiger partial charge in [0.1, 0.15) is 5.75 Å². The van der Waals surface area contributed by atoms with Gasteiger partial charge in [0.25, 0.3) is 0 Å². The number of rotatable bonds is 5. The van der Waals surface area contributed by atoms with Crippen LogP contribution in [0.1, 0.15) is 26.0 Å². The monoisotopic (exact) mass is 244 g/mol. The average Bonchev–Trinajstić information content (AvgIpc) is 2.36. The molecule has 0 bridgehead atoms. The van der Waals surface area contributed by atoms with E-state index in [0.717, 1.165) is 41.0 Å². The molecule has 1 aromatic heterocycles. The number of nitrogens with zero attached hydrogens (tertiary/aromatic N) is 1. The molecule has 0 aliphatic rings. The summed E-state index contributed by atoms with van der Waals surface area (Å²) in [5.74, 6) is 0.898. The molecule has 0 saturated heterocycles. The molecular weight excluding hydrogens is 224 g/mol. The first-order valence-electron chi connectivity index (χ1n) is 6.52. The van der Waals surface area contributed by atoms with Crippen molar-refractivity contribution >= 4 is 16.6 Å². The molecule has 0 spiro atoms. The van der Waals surface area contributed by atoms with E-state index < -0.39 is 0 Å². The number of benzene rings is 1. The first-order valence-corrected chi connectivity index (χ1v) is 6.52. The molecule has 2 aromatic rings. The molecule has 3 heteroatoms. The van der Waals surface area contributed by atoms with Gasteiger partial charge in [-0.1, -0.05) is 6.92 Å². The summed E-state index contributed by atoms with van der Waals surface area (Å²) >= 11 is 0. The minimum atomic E-state index is 0.683. The zero-order valence-electron chi connectivity index (χ0n) is 11.3. The van der Waals surface area contributed by atoms with Gasteiger partial charge < -0.3 is 10.1 Å². The largest absolute Gasteiger partial charge is 0.494 e. The molecule has 0 unspecified atom stereocenters. The van der Waals surface area contributed by atoms with E-state index in [0.29, 0.717) is 6.61 Å². The van der Waals surface area contributed by atoms with Crippen molar-refractivity contribution < 1.29 is 4.74 Å². The van der Waals surface area contributed by atoms with Crippen LogP contribution in [0, 0.1) is 6.92 Å². The fourth-order valence-corrected chi connectivity index (χ4v) is 2.00. The third-order valence-electron chi connectivity index (χ3n) is 2.78. The predicted octanol–water partition coefficient (Wildman–Crippen LogP) is 3.76. The number of fused-ring (bicyclic) bond motifs is 1. The van der Waals surface area contributed by atoms with E-state index in [4.69, 9.17) is 4.74 Å². The van der Waals surface area contributed by atoms with Crippen molar-refractivity contribution in [2.24, 2.45) is 0 Å². The van der Waals surface area contributed by atoms with Crippen LogP contribution < -0.4 is 10.1 Å². The molecule has 0 radical (unpaired) electrons. The van der Waals surface area contributed by atoms with Gasteiger partial charge in [0.2, 0.25) is 0 Å². The highest BCUT2D eigenvalue weighted by atomic mass is 16.5. The van der Waals surface area contributed by atoms with Crippen LogP contribution in [0.3, 0.4) is 0 Å². The molecule has 0 fully saturated rings. The van der Waals surface area contributed by atoms with Gasteiger partial charge in [-0.3, -0.25) is 4.98 Å². The SMILES string of the molecule is CCCNc1cc(C)nc2ccc(OCC)cc12. The van der Waals surface area contributed by atoms with Crippen molar-refractivity contribution in [1.29, 1.82) is 0 Å². The molecule has 2 rings (SSSR count). The van der Waals surface area contributed by atoms with E-state index in [1.165, 1.54) is 0 Å². The lowest BCUT2D eigenvalue weighted by Crippen LogP contribution is -2.02. The van der Waals surface area contributed by atoms with Gasteiger partial charge in [-0.15, -0.1) is 0 Å². The summed E-state index contributed by atoms with van der Waals surface area (Å²) in [4.78, 5) is 4.55. The molecule has 0 atom stereocenters. The highest BCUT2D eigenvalue weighted by Gasteiger charge is 2.05. The lowest BCUT2D eigenvalue weighted by atomic mass is 10.1. The Labute approximate surface area is 108 Å². The molecule has 1 heterocycles. The average molecular weight is 244 g/mol. The number of nitrogens with one attached hydrogen (secondary N) is 1. The molecule has 18 heavy (non-hydrogen) atoms. The molecule has 1 N–H and O–H groups in total. The Bertz CT molecular complexity index is 537. The van der Waals surface area contributed by atoms with Gasteiger partial charge in [-0.05, 0) is 44.5 Å². The number of hydrogen-bond acceptors (Lipinski definition) is 3. The van der Waals surface area contributed by atoms with E-state index in [-0.39, 0.29) is 0 Å². The van der Waals surface area contributed by atoms with E-state index in [9.17, 15) is 0 Å². The van der Waals surface area contributed by atoms with Crippen molar-refractivity contribution in [2.45, 2.75) is 27.2 Å². The Morgan fingerprint density at radius 2 is 2.06 bits per heavy atom. The Morgan fingerprint density at radius 1 is 1.22 bits per heavy atom. The fourth-order valence-electron chi connectivity index (χ4n) is 2.00. The Morgan fingerprint density at radius 3 is 2.78 bits per heavy atom. The van der Waals surface area contributed by atoms with E-state index in [1.807, 2.05) is 26.0 Å². The van der Waals surface area contributed by atoms with Crippen molar-refractivity contribution in [3.05, 3.63) is 30.0 Å². The third kappa shape index (κ3) is 2.73. The standard InChI is InChI=1S/C15H20N2O/c1-4-8-16-15-9-11(3)17-14-7-6-12(18-5-2)10-13(14)15/h6-7,9-10H,4-5,8H2,1-3H3,(H,16,17). The number of aryl methyl sites for hydroxylation is 1. The van der Waals surface area contributed by atoms with E-state index in [2.05, 4.69) is 29.4 Å². The molecule has 0 amide bonds. The van der Waals surface area contributed by atoms with E-state index >= 15 is 0 Å². The normalized spacial score (nSPS) is 10.6. The first-order chi connectivity index (χ1) is 8.74. The molecule has 0 aliphatic heterocycles. The van der Waals surface area contributed by atoms with Gasteiger partial charge in [0.15, 0.2) is 0 Å². The van der Waals surface area contributed by atoms with Crippen LogP contribution in [0.4, 0.5) is 5.69 Å². The lowest BCUT2D eigenvalue weighted by molar-refractivity contribution is 0.340. The van der Waals surface area contributed by atoms with Crippen molar-refractivity contribution in [3.8, 4) is 5.75 Å². The highest BCUT2D eigenvalue weighted by Crippen LogP contribution is 2.27. The van der Waals surface area contributed by atoms with Crippen LogP contribution in [0.5, 0.6) is 5.75 Å². The molecule has 3 nitrogen and oxygen atoms in total. The smallest absolute Gasteiger partial charge is 0.120 e. The maximum atomic E-state index is 5.55. The van der Waals surface area contributed by atoms with Crippen LogP contribution in [-0.4, -0.2) is 18.1 Å². The molecule has 0 aliphatic carbocycles. The maximum absolute atomic E-state index is 5.55. The Hall–Kier alpha value is -1.77. The summed E-state index contributed by atoms with van der Waals surface area (Å²) in [6.07, 6.45) is 1.11. The summed E-state index contributed by atoms with van der Waals surface area (Å²) in [5.41, 5.74) is 3.18. The fraction of sp³-hybridized carbons (Fsp3) is 0.400. The highest BCUT2D eigenvalue weighted by molar-refractivity contribution is 5.92. The van der Waals surface area contributed by atoms with Gasteiger partial charge in [0.05, 0.1) is 12.1 Å². The summed E-state index contributed by atoms with van der Waals surface area (Å²) in [6.45, 7) is 7.83. The molecule has 0 saturated carbocycles. The zero-order valence-corrected chi connectivity index (χ0v) is 11.3. The van der Waals surface area contributed by atoms with Gasteiger partial charge in [0, 0.05) is 23.3 Å². The van der Waals surface area contributed by atoms with Crippen molar-refractivity contribution in [1.82, 2.24) is 4.98 Å². The second-order valence-electron chi connectivity index (χ2n) is 4.35. The van der Waals surface area contributed by atoms with Crippen LogP contribution >= 0.6 is 0 Å². The van der Waals surface area contributed by atoms with Crippen LogP contribution in [0.2, 0.25) is 0 Å². The number of ether oxygens (including phenoxy) is 1. The number of hydrogen-bond donors (Lipinski definition) is 1. The topological polar surface area (TPSA) is 34.2 Å². The predicted molar refractivity (Wildman–Crippen MR) is 76.4 cm³/mol. The summed E-state index contributed by atoms with van der Waals surface area (Å²) in [6, 6.07) is 8.14. The summed E-state index contributed by atoms with van der Waals surface area (Å²) in [5, 5.41) is 4.58. The Balaban J connectivity index is 2.47. The van der Waals surface area contributed by atoms with Gasteiger partial charge >= 0.3 is 0 Å². The van der Waals surface area contributed by atoms with Crippen molar-refractivity contribution in [3.63, 3.8) is 0 Å². The van der Waals surface area contributed by atoms with Gasteiger partial charge in [-0.25, -0.2) is 0 Å². The Kier molecular flexibility index (Phi) is 4.03. The van der Waals surface area contributed by atoms with E-state index in [1.54, 1.807) is 0 Å². The van der Waals surface area contributed by atoms with Gasteiger partial charge in [-0.2, -0.15) is 0 Å². The van der Waals surface area contributed by atoms with Crippen molar-refractivity contribution in [2.75, 3.05) is 18.5 Å². The van der Waals surface area contributed by atoms with Crippen LogP contribution in [0.15, 0.2) is 24.3 Å². The second kappa shape index (κ2) is 5.71. The molecule has 1 aromatic carbocycles. The molecular formula is C15H20N2O. The third-order valence-corrected chi connectivity index (χ3v) is 2.78. The minimum absolute atomic E-state index is 0.683. The number of pyridine rings is 1. The lowest BCUT2D eigenvalue weighted by Gasteiger charge is -2.11. The second-order valence-corrected chi connectivity index (χ2v) is 4.35. The number of anilines is 1. The summed E-state index contributed by atoms with van der Waals surface area (Å²) in [7, 11) is 0. The first kappa shape index (κ1) is 12.7. The zero-order chi connectivity index (χ0) is 13.0. The van der Waals surface area contributed by atoms with Crippen LogP contribution in [-0.2, 0) is 0 Å². The number of aromatic nitrogens is 1.